The van der Waals surface area contributed by atoms with Gasteiger partial charge in [0.1, 0.15) is 6.04 Å². The lowest BCUT2D eigenvalue weighted by Crippen LogP contribution is -2.55. The number of hydrogen-bond acceptors (Lipinski definition) is 10. The average Bonchev–Trinajstić information content (AvgIpc) is 3.68. The monoisotopic (exact) mass is 696 g/mol. The Bertz CT molecular complexity index is 1770. The molecule has 11 heteroatoms. The molecule has 1 aromatic heterocycles. The highest BCUT2D eigenvalue weighted by molar-refractivity contribution is 5.84. The quantitative estimate of drug-likeness (QED) is 0.152. The van der Waals surface area contributed by atoms with Crippen molar-refractivity contribution in [3.8, 4) is 0 Å². The number of carbonyl (C=O) groups excluding carboxylic acids is 3. The zero-order valence-electron chi connectivity index (χ0n) is 28.9. The number of likely N-dealkylation sites (tertiary alicyclic amines) is 1. The molecule has 1 saturated carbocycles. The third-order valence-corrected chi connectivity index (χ3v) is 9.80. The Morgan fingerprint density at radius 1 is 0.882 bits per heavy atom. The summed E-state index contributed by atoms with van der Waals surface area (Å²) >= 11 is 0. The van der Waals surface area contributed by atoms with E-state index in [1.165, 1.54) is 0 Å². The zero-order chi connectivity index (χ0) is 35.7. The molecule has 1 saturated heterocycles. The van der Waals surface area contributed by atoms with Crippen LogP contribution in [-0.2, 0) is 36.8 Å². The van der Waals surface area contributed by atoms with Crippen molar-refractivity contribution in [3.63, 3.8) is 0 Å². The fourth-order valence-electron chi connectivity index (χ4n) is 7.21. The first-order chi connectivity index (χ1) is 24.8. The summed E-state index contributed by atoms with van der Waals surface area (Å²) in [5.74, 6) is -1.23. The van der Waals surface area contributed by atoms with E-state index in [4.69, 9.17) is 23.0 Å². The van der Waals surface area contributed by atoms with Crippen LogP contribution in [0.3, 0.4) is 0 Å². The third-order valence-electron chi connectivity index (χ3n) is 9.80. The Morgan fingerprint density at radius 3 is 2.14 bits per heavy atom. The molecule has 5 atom stereocenters. The first kappa shape index (κ1) is 35.7. The minimum Gasteiger partial charge on any atom is -0.456 e. The van der Waals surface area contributed by atoms with Gasteiger partial charge in [0.2, 0.25) is 5.91 Å². The van der Waals surface area contributed by atoms with Crippen molar-refractivity contribution in [2.75, 3.05) is 0 Å². The van der Waals surface area contributed by atoms with Gasteiger partial charge in [-0.15, -0.1) is 0 Å². The molecule has 3 aromatic carbocycles. The molecular weight excluding hydrogens is 652 g/mol. The summed E-state index contributed by atoms with van der Waals surface area (Å²) in [4.78, 5) is 54.5. The summed E-state index contributed by atoms with van der Waals surface area (Å²) in [7, 11) is 0. The van der Waals surface area contributed by atoms with Crippen molar-refractivity contribution in [2.45, 2.75) is 95.9 Å². The van der Waals surface area contributed by atoms with Crippen molar-refractivity contribution in [1.29, 1.82) is 0 Å². The Labute approximate surface area is 296 Å². The second-order valence-corrected chi connectivity index (χ2v) is 13.2. The van der Waals surface area contributed by atoms with E-state index in [-0.39, 0.29) is 36.0 Å². The highest BCUT2D eigenvalue weighted by Gasteiger charge is 2.48. The van der Waals surface area contributed by atoms with Crippen LogP contribution in [0.1, 0.15) is 79.8 Å². The Hall–Kier alpha value is -5.16. The van der Waals surface area contributed by atoms with Crippen LogP contribution in [0, 0.1) is 12.8 Å². The summed E-state index contributed by atoms with van der Waals surface area (Å²) in [6.45, 7) is 2.96. The van der Waals surface area contributed by atoms with Crippen LogP contribution >= 0.6 is 0 Å². The second-order valence-electron chi connectivity index (χ2n) is 13.2. The largest absolute Gasteiger partial charge is 0.519 e. The number of rotatable bonds is 13. The average molecular weight is 697 g/mol. The number of amides is 1. The van der Waals surface area contributed by atoms with Crippen molar-refractivity contribution in [1.82, 2.24) is 10.2 Å². The molecule has 2 fully saturated rings. The number of fused-ring (bicyclic) bond motifs is 1. The van der Waals surface area contributed by atoms with E-state index in [1.807, 2.05) is 91.0 Å². The number of carbonyl (C=O) groups is 3. The van der Waals surface area contributed by atoms with E-state index < -0.39 is 42.4 Å². The van der Waals surface area contributed by atoms with Gasteiger partial charge >= 0.3 is 17.9 Å². The van der Waals surface area contributed by atoms with Gasteiger partial charge in [0.15, 0.2) is 30.5 Å². The van der Waals surface area contributed by atoms with Crippen molar-refractivity contribution in [2.24, 2.45) is 5.92 Å². The standard InChI is InChI=1S/C40H44N2O9/c1-26(41-32(23-22-28-14-6-3-7-15-28)38(44)47-25-34-27(2)48-39(45)49-34)37(43)42-33-21-13-12-20-31(33)24-35(42)50-40(46)51-36(29-16-8-4-9-17-29)30-18-10-5-11-19-30/h3-11,14-19,26,31-33,35-36,41H,12-13,20-25H2,1-2H3/t26-,31+,32-,33-,35-/m0/s1. The van der Waals surface area contributed by atoms with Gasteiger partial charge in [-0.25, -0.2) is 9.59 Å². The van der Waals surface area contributed by atoms with Gasteiger partial charge in [-0.3, -0.25) is 14.9 Å². The predicted molar refractivity (Wildman–Crippen MR) is 186 cm³/mol. The number of hydrogen-bond donors (Lipinski definition) is 1. The molecule has 1 N–H and O–H groups in total. The molecule has 51 heavy (non-hydrogen) atoms. The summed E-state index contributed by atoms with van der Waals surface area (Å²) in [5.41, 5.74) is 2.61. The van der Waals surface area contributed by atoms with E-state index >= 15 is 0 Å². The molecule has 2 aliphatic rings. The maximum atomic E-state index is 14.3. The summed E-state index contributed by atoms with van der Waals surface area (Å²) in [6, 6.07) is 26.8. The summed E-state index contributed by atoms with van der Waals surface area (Å²) < 4.78 is 27.4. The van der Waals surface area contributed by atoms with Gasteiger partial charge in [-0.1, -0.05) is 104 Å². The van der Waals surface area contributed by atoms with Crippen LogP contribution < -0.4 is 11.1 Å². The minimum atomic E-state index is -0.876. The van der Waals surface area contributed by atoms with Gasteiger partial charge in [-0.05, 0) is 62.1 Å². The minimum absolute atomic E-state index is 0.103. The van der Waals surface area contributed by atoms with Crippen LogP contribution in [-0.4, -0.2) is 47.3 Å². The Kier molecular flexibility index (Phi) is 11.7. The van der Waals surface area contributed by atoms with Gasteiger partial charge in [0, 0.05) is 12.5 Å². The number of nitrogens with one attached hydrogen (secondary N) is 1. The molecule has 0 bridgehead atoms. The molecule has 1 aliphatic heterocycles. The highest BCUT2D eigenvalue weighted by Crippen LogP contribution is 2.41. The van der Waals surface area contributed by atoms with Crippen LogP contribution in [0.15, 0.2) is 105 Å². The molecule has 6 rings (SSSR count). The predicted octanol–water partition coefficient (Wildman–Crippen LogP) is 6.62. The summed E-state index contributed by atoms with van der Waals surface area (Å²) in [5, 5.41) is 3.21. The number of benzene rings is 3. The molecule has 1 aliphatic carbocycles. The lowest BCUT2D eigenvalue weighted by molar-refractivity contribution is -0.150. The van der Waals surface area contributed by atoms with E-state index in [9.17, 15) is 19.2 Å². The number of ether oxygens (including phenoxy) is 3. The molecule has 2 heterocycles. The molecular formula is C40H44N2O9. The fraction of sp³-hybridized carbons (Fsp3) is 0.400. The maximum Gasteiger partial charge on any atom is 0.519 e. The SMILES string of the molecule is Cc1oc(=O)oc1COC(=O)[C@H](CCc1ccccc1)N[C@@H](C)C(=O)N1[C@@H](OC(=O)OC(c2ccccc2)c2ccccc2)C[C@H]2CCCC[C@@H]21. The lowest BCUT2D eigenvalue weighted by atomic mass is 9.85. The first-order valence-electron chi connectivity index (χ1n) is 17.6. The Morgan fingerprint density at radius 2 is 1.51 bits per heavy atom. The van der Waals surface area contributed by atoms with E-state index in [2.05, 4.69) is 5.32 Å². The normalized spacial score (nSPS) is 19.6. The van der Waals surface area contributed by atoms with Gasteiger partial charge in [0.05, 0.1) is 6.04 Å². The van der Waals surface area contributed by atoms with Crippen LogP contribution in [0.5, 0.6) is 0 Å². The van der Waals surface area contributed by atoms with Gasteiger partial charge < -0.3 is 27.9 Å². The van der Waals surface area contributed by atoms with Gasteiger partial charge in [0.25, 0.3) is 0 Å². The van der Waals surface area contributed by atoms with Crippen molar-refractivity contribution in [3.05, 3.63) is 130 Å². The number of nitrogens with zero attached hydrogens (tertiary/aromatic N) is 1. The smallest absolute Gasteiger partial charge is 0.456 e. The molecule has 268 valence electrons. The van der Waals surface area contributed by atoms with E-state index in [1.54, 1.807) is 18.7 Å². The van der Waals surface area contributed by atoms with Crippen molar-refractivity contribution >= 4 is 18.0 Å². The van der Waals surface area contributed by atoms with Crippen molar-refractivity contribution < 1.29 is 37.4 Å². The maximum absolute atomic E-state index is 14.3. The molecule has 4 aromatic rings. The van der Waals surface area contributed by atoms with Crippen LogP contribution in [0.4, 0.5) is 4.79 Å². The molecule has 1 amide bonds. The number of esters is 1. The van der Waals surface area contributed by atoms with Crippen LogP contribution in [0.2, 0.25) is 0 Å². The summed E-state index contributed by atoms with van der Waals surface area (Å²) in [6.07, 6.45) is 2.75. The zero-order valence-corrected chi connectivity index (χ0v) is 28.9. The highest BCUT2D eigenvalue weighted by atomic mass is 16.7. The number of aryl methyl sites for hydroxylation is 2. The molecule has 11 nitrogen and oxygen atoms in total. The third kappa shape index (κ3) is 8.96. The van der Waals surface area contributed by atoms with Crippen LogP contribution in [0.25, 0.3) is 0 Å². The first-order valence-corrected chi connectivity index (χ1v) is 17.6. The Balaban J connectivity index is 1.17. The molecule has 0 unspecified atom stereocenters. The lowest BCUT2D eigenvalue weighted by Gasteiger charge is -2.35. The van der Waals surface area contributed by atoms with E-state index in [0.717, 1.165) is 42.4 Å². The fourth-order valence-corrected chi connectivity index (χ4v) is 7.21. The second kappa shape index (κ2) is 16.7. The van der Waals surface area contributed by atoms with Gasteiger partial charge in [-0.2, -0.15) is 0 Å². The van der Waals surface area contributed by atoms with E-state index in [0.29, 0.717) is 19.3 Å². The molecule has 0 spiro atoms. The topological polar surface area (TPSA) is 138 Å². The molecule has 0 radical (unpaired) electrons.